The Labute approximate surface area is 111 Å². The van der Waals surface area contributed by atoms with E-state index in [-0.39, 0.29) is 12.2 Å². The molecule has 0 radical (unpaired) electrons. The van der Waals surface area contributed by atoms with Gasteiger partial charge in [0.05, 0.1) is 12.2 Å². The first-order chi connectivity index (χ1) is 8.83. The Morgan fingerprint density at radius 2 is 1.94 bits per heavy atom. The third-order valence-corrected chi connectivity index (χ3v) is 3.42. The first-order valence-electron chi connectivity index (χ1n) is 7.29. The molecular weight excluding hydrogens is 230 g/mol. The molecule has 108 valence electrons. The van der Waals surface area contributed by atoms with Gasteiger partial charge in [-0.2, -0.15) is 0 Å². The maximum atomic E-state index is 5.59. The Morgan fingerprint density at radius 1 is 1.17 bits per heavy atom. The Hall–Kier alpha value is -0.160. The van der Waals surface area contributed by atoms with E-state index in [1.807, 2.05) is 6.92 Å². The van der Waals surface area contributed by atoms with Crippen molar-refractivity contribution in [3.63, 3.8) is 0 Å². The molecule has 0 aromatic heterocycles. The van der Waals surface area contributed by atoms with Gasteiger partial charge in [-0.1, -0.05) is 13.3 Å². The van der Waals surface area contributed by atoms with Gasteiger partial charge in [0, 0.05) is 33.0 Å². The number of ether oxygens (including phenoxy) is 3. The second kappa shape index (κ2) is 9.73. The van der Waals surface area contributed by atoms with Crippen LogP contribution in [0.2, 0.25) is 0 Å². The Kier molecular flexibility index (Phi) is 8.59. The van der Waals surface area contributed by atoms with Crippen LogP contribution >= 0.6 is 0 Å². The van der Waals surface area contributed by atoms with Gasteiger partial charge < -0.3 is 19.5 Å². The van der Waals surface area contributed by atoms with Crippen LogP contribution in [0.15, 0.2) is 0 Å². The smallest absolute Gasteiger partial charge is 0.0986 e. The van der Waals surface area contributed by atoms with Crippen molar-refractivity contribution in [2.75, 3.05) is 33.5 Å². The molecule has 18 heavy (non-hydrogen) atoms. The lowest BCUT2D eigenvalue weighted by Gasteiger charge is -2.43. The molecule has 1 saturated carbocycles. The molecule has 1 fully saturated rings. The molecule has 1 rings (SSSR count). The summed E-state index contributed by atoms with van der Waals surface area (Å²) in [6.07, 6.45) is 4.98. The molecule has 0 amide bonds. The maximum Gasteiger partial charge on any atom is 0.0986 e. The lowest BCUT2D eigenvalue weighted by Crippen LogP contribution is -2.59. The first kappa shape index (κ1) is 15.9. The Balaban J connectivity index is 1.96. The largest absolute Gasteiger partial charge is 0.381 e. The van der Waals surface area contributed by atoms with Gasteiger partial charge in [0.25, 0.3) is 0 Å². The van der Waals surface area contributed by atoms with Crippen LogP contribution < -0.4 is 5.32 Å². The van der Waals surface area contributed by atoms with Crippen molar-refractivity contribution < 1.29 is 14.2 Å². The predicted molar refractivity (Wildman–Crippen MR) is 73.0 cm³/mol. The van der Waals surface area contributed by atoms with Crippen LogP contribution in [0.1, 0.15) is 39.5 Å². The molecule has 1 aliphatic carbocycles. The second-order valence-electron chi connectivity index (χ2n) is 4.81. The highest BCUT2D eigenvalue weighted by Crippen LogP contribution is 2.26. The summed E-state index contributed by atoms with van der Waals surface area (Å²) in [4.78, 5) is 0. The summed E-state index contributed by atoms with van der Waals surface area (Å²) < 4.78 is 16.6. The van der Waals surface area contributed by atoms with Gasteiger partial charge in [0.15, 0.2) is 0 Å². The molecule has 1 N–H and O–H groups in total. The molecule has 4 nitrogen and oxygen atoms in total. The van der Waals surface area contributed by atoms with Gasteiger partial charge in [0.2, 0.25) is 0 Å². The summed E-state index contributed by atoms with van der Waals surface area (Å²) in [5.74, 6) is 0. The van der Waals surface area contributed by atoms with Crippen LogP contribution in [0.4, 0.5) is 0 Å². The van der Waals surface area contributed by atoms with Crippen LogP contribution in [-0.4, -0.2) is 51.7 Å². The fourth-order valence-electron chi connectivity index (χ4n) is 2.28. The first-order valence-corrected chi connectivity index (χ1v) is 7.29. The second-order valence-corrected chi connectivity index (χ2v) is 4.81. The fraction of sp³-hybridized carbons (Fsp3) is 1.00. The van der Waals surface area contributed by atoms with Gasteiger partial charge >= 0.3 is 0 Å². The van der Waals surface area contributed by atoms with Crippen LogP contribution in [0.3, 0.4) is 0 Å². The summed E-state index contributed by atoms with van der Waals surface area (Å²) in [6.45, 7) is 7.72. The third kappa shape index (κ3) is 5.22. The molecule has 0 bridgehead atoms. The SMILES string of the molecule is CCCCOCCCNC1CC(OCC)C1OC. The standard InChI is InChI=1S/C14H29NO3/c1-4-6-9-17-10-7-8-15-12-11-13(18-5-2)14(12)16-3/h12-15H,4-11H2,1-3H3. The van der Waals surface area contributed by atoms with E-state index in [1.165, 1.54) is 6.42 Å². The van der Waals surface area contributed by atoms with E-state index < -0.39 is 0 Å². The topological polar surface area (TPSA) is 39.7 Å². The third-order valence-electron chi connectivity index (χ3n) is 3.42. The Morgan fingerprint density at radius 3 is 2.61 bits per heavy atom. The number of hydrogen-bond donors (Lipinski definition) is 1. The van der Waals surface area contributed by atoms with E-state index in [0.717, 1.165) is 45.6 Å². The van der Waals surface area contributed by atoms with Crippen molar-refractivity contribution in [2.24, 2.45) is 0 Å². The fourth-order valence-corrected chi connectivity index (χ4v) is 2.28. The molecule has 3 atom stereocenters. The molecule has 4 heteroatoms. The van der Waals surface area contributed by atoms with Gasteiger partial charge in [0.1, 0.15) is 0 Å². The molecule has 0 heterocycles. The van der Waals surface area contributed by atoms with Gasteiger partial charge in [-0.3, -0.25) is 0 Å². The number of rotatable bonds is 11. The minimum absolute atomic E-state index is 0.214. The zero-order valence-electron chi connectivity index (χ0n) is 12.1. The van der Waals surface area contributed by atoms with E-state index in [0.29, 0.717) is 6.04 Å². The highest BCUT2D eigenvalue weighted by Gasteiger charge is 2.41. The number of nitrogens with one attached hydrogen (secondary N) is 1. The van der Waals surface area contributed by atoms with E-state index in [4.69, 9.17) is 14.2 Å². The van der Waals surface area contributed by atoms with Crippen molar-refractivity contribution in [2.45, 2.75) is 57.8 Å². The molecule has 1 aliphatic rings. The zero-order chi connectivity index (χ0) is 13.2. The Bertz CT molecular complexity index is 201. The predicted octanol–water partition coefficient (Wildman–Crippen LogP) is 1.98. The quantitative estimate of drug-likeness (QED) is 0.576. The zero-order valence-corrected chi connectivity index (χ0v) is 12.1. The summed E-state index contributed by atoms with van der Waals surface area (Å²) in [6, 6.07) is 0.446. The molecule has 0 spiro atoms. The number of methoxy groups -OCH3 is 1. The van der Waals surface area contributed by atoms with Crippen LogP contribution in [-0.2, 0) is 14.2 Å². The van der Waals surface area contributed by atoms with E-state index >= 15 is 0 Å². The molecule has 0 aliphatic heterocycles. The van der Waals surface area contributed by atoms with Crippen molar-refractivity contribution in [3.8, 4) is 0 Å². The molecular formula is C14H29NO3. The van der Waals surface area contributed by atoms with Gasteiger partial charge in [-0.05, 0) is 32.7 Å². The number of hydrogen-bond acceptors (Lipinski definition) is 4. The van der Waals surface area contributed by atoms with E-state index in [9.17, 15) is 0 Å². The average Bonchev–Trinajstić information content (AvgIpc) is 2.35. The minimum Gasteiger partial charge on any atom is -0.381 e. The average molecular weight is 259 g/mol. The van der Waals surface area contributed by atoms with Gasteiger partial charge in [-0.25, -0.2) is 0 Å². The highest BCUT2D eigenvalue weighted by atomic mass is 16.5. The molecule has 3 unspecified atom stereocenters. The van der Waals surface area contributed by atoms with Crippen LogP contribution in [0.5, 0.6) is 0 Å². The summed E-state index contributed by atoms with van der Waals surface area (Å²) in [5, 5.41) is 3.51. The lowest BCUT2D eigenvalue weighted by atomic mass is 9.85. The lowest BCUT2D eigenvalue weighted by molar-refractivity contribution is -0.131. The summed E-state index contributed by atoms with van der Waals surface area (Å²) >= 11 is 0. The minimum atomic E-state index is 0.214. The van der Waals surface area contributed by atoms with Crippen molar-refractivity contribution in [3.05, 3.63) is 0 Å². The molecule has 0 aromatic rings. The molecule has 0 saturated heterocycles. The summed E-state index contributed by atoms with van der Waals surface area (Å²) in [5.41, 5.74) is 0. The van der Waals surface area contributed by atoms with Gasteiger partial charge in [-0.15, -0.1) is 0 Å². The van der Waals surface area contributed by atoms with E-state index in [2.05, 4.69) is 12.2 Å². The normalized spacial score (nSPS) is 27.2. The van der Waals surface area contributed by atoms with Crippen LogP contribution in [0, 0.1) is 0 Å². The summed E-state index contributed by atoms with van der Waals surface area (Å²) in [7, 11) is 1.76. The monoisotopic (exact) mass is 259 g/mol. The van der Waals surface area contributed by atoms with E-state index in [1.54, 1.807) is 7.11 Å². The van der Waals surface area contributed by atoms with Crippen molar-refractivity contribution in [1.29, 1.82) is 0 Å². The number of unbranched alkanes of at least 4 members (excludes halogenated alkanes) is 1. The highest BCUT2D eigenvalue weighted by molar-refractivity contribution is 4.96. The van der Waals surface area contributed by atoms with Crippen LogP contribution in [0.25, 0.3) is 0 Å². The maximum absolute atomic E-state index is 5.59. The van der Waals surface area contributed by atoms with Crippen molar-refractivity contribution in [1.82, 2.24) is 5.32 Å². The molecule has 0 aromatic carbocycles. The van der Waals surface area contributed by atoms with Crippen molar-refractivity contribution >= 4 is 0 Å².